The molecule has 102 valence electrons. The van der Waals surface area contributed by atoms with Gasteiger partial charge in [-0.25, -0.2) is 4.98 Å². The zero-order chi connectivity index (χ0) is 13.2. The third-order valence-electron chi connectivity index (χ3n) is 3.95. The predicted octanol–water partition coefficient (Wildman–Crippen LogP) is 2.00. The molecule has 1 aromatic heterocycles. The Bertz CT molecular complexity index is 558. The first kappa shape index (κ1) is 12.6. The highest BCUT2D eigenvalue weighted by molar-refractivity contribution is 5.75. The van der Waals surface area contributed by atoms with Crippen LogP contribution in [-0.2, 0) is 17.7 Å². The minimum Gasteiger partial charge on any atom is -0.392 e. The fourth-order valence-electron chi connectivity index (χ4n) is 2.84. The number of aromatic nitrogens is 2. The number of fused-ring (bicyclic) bond motifs is 1. The van der Waals surface area contributed by atoms with Crippen LogP contribution in [0.15, 0.2) is 24.3 Å². The molecule has 19 heavy (non-hydrogen) atoms. The van der Waals surface area contributed by atoms with E-state index in [4.69, 9.17) is 4.74 Å². The molecule has 2 atom stereocenters. The quantitative estimate of drug-likeness (QED) is 0.914. The lowest BCUT2D eigenvalue weighted by molar-refractivity contribution is 0.0897. The van der Waals surface area contributed by atoms with Gasteiger partial charge in [-0.1, -0.05) is 12.1 Å². The number of nitrogens with zero attached hydrogens (tertiary/aromatic N) is 2. The molecule has 2 aromatic rings. The highest BCUT2D eigenvalue weighted by Gasteiger charge is 2.25. The number of ether oxygens (including phenoxy) is 1. The number of rotatable bonds is 4. The van der Waals surface area contributed by atoms with Crippen molar-refractivity contribution < 1.29 is 9.84 Å². The summed E-state index contributed by atoms with van der Waals surface area (Å²) in [4.78, 5) is 4.66. The lowest BCUT2D eigenvalue weighted by atomic mass is 9.99. The molecular formula is C15H20N2O2. The molecule has 1 aliphatic heterocycles. The number of aliphatic hydroxyl groups is 1. The van der Waals surface area contributed by atoms with Crippen molar-refractivity contribution in [2.45, 2.75) is 32.4 Å². The van der Waals surface area contributed by atoms with Gasteiger partial charge in [0.15, 0.2) is 0 Å². The first-order valence-corrected chi connectivity index (χ1v) is 6.99. The fraction of sp³-hybridized carbons (Fsp3) is 0.533. The molecule has 1 aromatic carbocycles. The summed E-state index contributed by atoms with van der Waals surface area (Å²) in [5, 5.41) is 10.3. The topological polar surface area (TPSA) is 47.3 Å². The van der Waals surface area contributed by atoms with Crippen molar-refractivity contribution >= 4 is 11.0 Å². The maximum atomic E-state index is 10.3. The molecule has 0 spiro atoms. The summed E-state index contributed by atoms with van der Waals surface area (Å²) in [7, 11) is 0. The number of aryl methyl sites for hydroxylation is 1. The summed E-state index contributed by atoms with van der Waals surface area (Å²) in [6.07, 6.45) is 1.20. The Kier molecular flexibility index (Phi) is 3.53. The minimum atomic E-state index is -0.357. The van der Waals surface area contributed by atoms with E-state index in [2.05, 4.69) is 22.5 Å². The molecule has 1 fully saturated rings. The van der Waals surface area contributed by atoms with Crippen LogP contribution in [0.2, 0.25) is 0 Å². The third kappa shape index (κ3) is 2.38. The second-order valence-corrected chi connectivity index (χ2v) is 5.16. The summed E-state index contributed by atoms with van der Waals surface area (Å²) in [6.45, 7) is 4.44. The van der Waals surface area contributed by atoms with Crippen LogP contribution < -0.4 is 0 Å². The van der Waals surface area contributed by atoms with Gasteiger partial charge in [-0.3, -0.25) is 0 Å². The lowest BCUT2D eigenvalue weighted by Gasteiger charge is -2.16. The molecule has 3 rings (SSSR count). The molecule has 0 aliphatic carbocycles. The summed E-state index contributed by atoms with van der Waals surface area (Å²) in [6, 6.07) is 8.14. The van der Waals surface area contributed by atoms with Crippen LogP contribution in [0.1, 0.15) is 19.2 Å². The van der Waals surface area contributed by atoms with Gasteiger partial charge in [0.05, 0.1) is 23.7 Å². The van der Waals surface area contributed by atoms with Crippen molar-refractivity contribution in [1.82, 2.24) is 9.55 Å². The van der Waals surface area contributed by atoms with E-state index in [9.17, 15) is 5.11 Å². The van der Waals surface area contributed by atoms with Crippen LogP contribution in [0.4, 0.5) is 0 Å². The average Bonchev–Trinajstić information content (AvgIpc) is 3.05. The normalized spacial score (nSPS) is 21.1. The van der Waals surface area contributed by atoms with E-state index in [1.165, 1.54) is 0 Å². The molecule has 0 bridgehead atoms. The molecule has 4 nitrogen and oxygen atoms in total. The van der Waals surface area contributed by atoms with E-state index in [-0.39, 0.29) is 12.0 Å². The van der Waals surface area contributed by atoms with Crippen LogP contribution in [0.25, 0.3) is 11.0 Å². The first-order valence-electron chi connectivity index (χ1n) is 6.99. The van der Waals surface area contributed by atoms with E-state index in [1.807, 2.05) is 18.2 Å². The zero-order valence-corrected chi connectivity index (χ0v) is 11.2. The SMILES string of the molecule is CCn1c(CC(O)C2CCOC2)nc2ccccc21. The van der Waals surface area contributed by atoms with Gasteiger partial charge in [-0.05, 0) is 25.5 Å². The van der Waals surface area contributed by atoms with Crippen LogP contribution in [0.3, 0.4) is 0 Å². The highest BCUT2D eigenvalue weighted by Crippen LogP contribution is 2.22. The van der Waals surface area contributed by atoms with Gasteiger partial charge in [0.25, 0.3) is 0 Å². The number of para-hydroxylation sites is 2. The summed E-state index contributed by atoms with van der Waals surface area (Å²) in [5.41, 5.74) is 2.16. The molecule has 1 N–H and O–H groups in total. The van der Waals surface area contributed by atoms with Gasteiger partial charge in [-0.15, -0.1) is 0 Å². The van der Waals surface area contributed by atoms with Gasteiger partial charge >= 0.3 is 0 Å². The Labute approximate surface area is 113 Å². The molecule has 0 radical (unpaired) electrons. The Morgan fingerprint density at radius 2 is 2.32 bits per heavy atom. The van der Waals surface area contributed by atoms with Crippen LogP contribution >= 0.6 is 0 Å². The van der Waals surface area contributed by atoms with E-state index < -0.39 is 0 Å². The fourth-order valence-corrected chi connectivity index (χ4v) is 2.84. The number of hydrogen-bond acceptors (Lipinski definition) is 3. The van der Waals surface area contributed by atoms with Crippen LogP contribution in [0.5, 0.6) is 0 Å². The first-order chi connectivity index (χ1) is 9.29. The molecule has 0 saturated carbocycles. The Hall–Kier alpha value is -1.39. The summed E-state index contributed by atoms with van der Waals surface area (Å²) in [5.74, 6) is 1.23. The van der Waals surface area contributed by atoms with Gasteiger partial charge < -0.3 is 14.4 Å². The number of hydrogen-bond donors (Lipinski definition) is 1. The standard InChI is InChI=1S/C15H20N2O2/c1-2-17-13-6-4-3-5-12(13)16-15(17)9-14(18)11-7-8-19-10-11/h3-6,11,14,18H,2,7-10H2,1H3. The smallest absolute Gasteiger partial charge is 0.112 e. The van der Waals surface area contributed by atoms with Crippen LogP contribution in [0, 0.1) is 5.92 Å². The van der Waals surface area contributed by atoms with E-state index in [0.717, 1.165) is 36.4 Å². The highest BCUT2D eigenvalue weighted by atomic mass is 16.5. The summed E-state index contributed by atoms with van der Waals surface area (Å²) >= 11 is 0. The van der Waals surface area contributed by atoms with Crippen LogP contribution in [-0.4, -0.2) is 34.0 Å². The third-order valence-corrected chi connectivity index (χ3v) is 3.95. The van der Waals surface area contributed by atoms with Crippen molar-refractivity contribution in [3.8, 4) is 0 Å². The van der Waals surface area contributed by atoms with Crippen molar-refractivity contribution in [3.63, 3.8) is 0 Å². The minimum absolute atomic E-state index is 0.255. The predicted molar refractivity (Wildman–Crippen MR) is 74.0 cm³/mol. The monoisotopic (exact) mass is 260 g/mol. The van der Waals surface area contributed by atoms with E-state index in [1.54, 1.807) is 0 Å². The molecule has 2 unspecified atom stereocenters. The second-order valence-electron chi connectivity index (χ2n) is 5.16. The molecule has 1 saturated heterocycles. The largest absolute Gasteiger partial charge is 0.392 e. The van der Waals surface area contributed by atoms with Gasteiger partial charge in [0.1, 0.15) is 5.82 Å². The average molecular weight is 260 g/mol. The molecule has 1 aliphatic rings. The maximum Gasteiger partial charge on any atom is 0.112 e. The van der Waals surface area contributed by atoms with Gasteiger partial charge in [0.2, 0.25) is 0 Å². The van der Waals surface area contributed by atoms with E-state index in [0.29, 0.717) is 13.0 Å². The molecular weight excluding hydrogens is 240 g/mol. The molecule has 2 heterocycles. The number of benzene rings is 1. The van der Waals surface area contributed by atoms with Crippen molar-refractivity contribution in [2.24, 2.45) is 5.92 Å². The Morgan fingerprint density at radius 1 is 1.47 bits per heavy atom. The lowest BCUT2D eigenvalue weighted by Crippen LogP contribution is -2.24. The summed E-state index contributed by atoms with van der Waals surface area (Å²) < 4.78 is 7.53. The maximum absolute atomic E-state index is 10.3. The van der Waals surface area contributed by atoms with Gasteiger partial charge in [-0.2, -0.15) is 0 Å². The van der Waals surface area contributed by atoms with Crippen molar-refractivity contribution in [3.05, 3.63) is 30.1 Å². The van der Waals surface area contributed by atoms with Crippen molar-refractivity contribution in [2.75, 3.05) is 13.2 Å². The number of aliphatic hydroxyl groups excluding tert-OH is 1. The Balaban J connectivity index is 1.87. The Morgan fingerprint density at radius 3 is 3.05 bits per heavy atom. The number of imidazole rings is 1. The molecule has 4 heteroatoms. The van der Waals surface area contributed by atoms with E-state index >= 15 is 0 Å². The van der Waals surface area contributed by atoms with Crippen molar-refractivity contribution in [1.29, 1.82) is 0 Å². The zero-order valence-electron chi connectivity index (χ0n) is 11.2. The molecule has 0 amide bonds. The van der Waals surface area contributed by atoms with Gasteiger partial charge in [0, 0.05) is 25.5 Å². The second kappa shape index (κ2) is 5.31.